The smallest absolute Gasteiger partial charge is 0.213 e. The number of benzene rings is 1. The van der Waals surface area contributed by atoms with Crippen LogP contribution in [-0.4, -0.2) is 24.5 Å². The van der Waals surface area contributed by atoms with Gasteiger partial charge in [-0.05, 0) is 30.2 Å². The van der Waals surface area contributed by atoms with E-state index in [-0.39, 0.29) is 29.4 Å². The molecule has 0 aliphatic rings. The Balaban J connectivity index is 0.00000338. The van der Waals surface area contributed by atoms with Gasteiger partial charge in [0.05, 0.1) is 12.7 Å². The highest BCUT2D eigenvalue weighted by Crippen LogP contribution is 2.22. The highest BCUT2D eigenvalue weighted by atomic mass is 127. The van der Waals surface area contributed by atoms with Gasteiger partial charge in [-0.15, -0.1) is 24.0 Å². The third kappa shape index (κ3) is 6.54. The summed E-state index contributed by atoms with van der Waals surface area (Å²) < 4.78 is 32.4. The predicted octanol–water partition coefficient (Wildman–Crippen LogP) is 3.78. The van der Waals surface area contributed by atoms with Gasteiger partial charge in [0.15, 0.2) is 5.96 Å². The van der Waals surface area contributed by atoms with Gasteiger partial charge in [-0.3, -0.25) is 4.99 Å². The molecule has 0 atom stereocenters. The van der Waals surface area contributed by atoms with Gasteiger partial charge in [0.25, 0.3) is 0 Å². The van der Waals surface area contributed by atoms with Crippen LogP contribution in [0.4, 0.5) is 8.78 Å². The topological polar surface area (TPSA) is 62.5 Å². The molecular weight excluding hydrogens is 453 g/mol. The second-order valence-electron chi connectivity index (χ2n) is 6.71. The minimum Gasteiger partial charge on any atom is -0.443 e. The number of halogens is 3. The van der Waals surface area contributed by atoms with Gasteiger partial charge >= 0.3 is 0 Å². The van der Waals surface area contributed by atoms with Crippen molar-refractivity contribution < 1.29 is 13.2 Å². The number of aliphatic imine (C=N–C) groups is 1. The first kappa shape index (κ1) is 22.3. The van der Waals surface area contributed by atoms with Crippen LogP contribution in [0.15, 0.2) is 33.8 Å². The summed E-state index contributed by atoms with van der Waals surface area (Å²) in [5.41, 5.74) is 0.227. The van der Waals surface area contributed by atoms with Gasteiger partial charge in [-0.1, -0.05) is 20.8 Å². The Morgan fingerprint density at radius 2 is 1.96 bits per heavy atom. The minimum atomic E-state index is -0.447. The molecule has 0 amide bonds. The lowest BCUT2D eigenvalue weighted by Crippen LogP contribution is -2.38. The average molecular weight is 478 g/mol. The standard InChI is InChI=1S/C18H24F2N4O.HI/c1-18(2,3)15-10-23-16(25-15)11-24-17(21-4)22-8-7-12-9-13(19)5-6-14(12)20;/h5-6,9-10H,7-8,11H2,1-4H3,(H2,21,22,24);1H. The molecule has 0 bridgehead atoms. The van der Waals surface area contributed by atoms with Crippen LogP contribution in [-0.2, 0) is 18.4 Å². The molecule has 2 N–H and O–H groups in total. The van der Waals surface area contributed by atoms with E-state index < -0.39 is 11.6 Å². The second kappa shape index (κ2) is 9.84. The lowest BCUT2D eigenvalue weighted by molar-refractivity contribution is 0.379. The van der Waals surface area contributed by atoms with Crippen molar-refractivity contribution in [3.63, 3.8) is 0 Å². The number of nitrogens with one attached hydrogen (secondary N) is 2. The molecule has 0 aliphatic heterocycles. The fraction of sp³-hybridized carbons (Fsp3) is 0.444. The molecule has 144 valence electrons. The lowest BCUT2D eigenvalue weighted by atomic mass is 9.94. The van der Waals surface area contributed by atoms with Crippen LogP contribution >= 0.6 is 24.0 Å². The van der Waals surface area contributed by atoms with Crippen molar-refractivity contribution in [2.75, 3.05) is 13.6 Å². The summed E-state index contributed by atoms with van der Waals surface area (Å²) in [6.07, 6.45) is 2.07. The SMILES string of the molecule is CN=C(NCCc1cc(F)ccc1F)NCc1ncc(C(C)(C)C)o1.I. The molecule has 0 fully saturated rings. The van der Waals surface area contributed by atoms with Crippen LogP contribution in [0.3, 0.4) is 0 Å². The Bertz CT molecular complexity index is 741. The fourth-order valence-corrected chi connectivity index (χ4v) is 2.17. The summed E-state index contributed by atoms with van der Waals surface area (Å²) in [5.74, 6) is 1.04. The number of nitrogens with zero attached hydrogens (tertiary/aromatic N) is 2. The van der Waals surface area contributed by atoms with Crippen molar-refractivity contribution in [3.05, 3.63) is 53.2 Å². The Kier molecular flexibility index (Phi) is 8.45. The van der Waals surface area contributed by atoms with E-state index in [0.29, 0.717) is 36.9 Å². The van der Waals surface area contributed by atoms with Crippen LogP contribution in [0.5, 0.6) is 0 Å². The maximum atomic E-state index is 13.6. The monoisotopic (exact) mass is 478 g/mol. The first-order chi connectivity index (χ1) is 11.8. The van der Waals surface area contributed by atoms with E-state index in [4.69, 9.17) is 4.42 Å². The van der Waals surface area contributed by atoms with Crippen molar-refractivity contribution >= 4 is 29.9 Å². The molecule has 1 aromatic carbocycles. The van der Waals surface area contributed by atoms with Gasteiger partial charge in [0.1, 0.15) is 17.4 Å². The van der Waals surface area contributed by atoms with Crippen LogP contribution in [0.1, 0.15) is 38.0 Å². The highest BCUT2D eigenvalue weighted by Gasteiger charge is 2.19. The van der Waals surface area contributed by atoms with Crippen molar-refractivity contribution in [2.24, 2.45) is 4.99 Å². The van der Waals surface area contributed by atoms with E-state index in [1.54, 1.807) is 13.2 Å². The summed E-state index contributed by atoms with van der Waals surface area (Å²) in [7, 11) is 1.63. The molecule has 2 rings (SSSR count). The number of rotatable bonds is 5. The van der Waals surface area contributed by atoms with E-state index in [2.05, 4.69) is 41.4 Å². The maximum Gasteiger partial charge on any atom is 0.213 e. The number of hydrogen-bond acceptors (Lipinski definition) is 3. The first-order valence-electron chi connectivity index (χ1n) is 8.13. The van der Waals surface area contributed by atoms with Gasteiger partial charge in [0.2, 0.25) is 5.89 Å². The van der Waals surface area contributed by atoms with E-state index in [1.165, 1.54) is 6.07 Å². The van der Waals surface area contributed by atoms with E-state index in [0.717, 1.165) is 17.9 Å². The Hall–Kier alpha value is -1.71. The highest BCUT2D eigenvalue weighted by molar-refractivity contribution is 14.0. The normalized spacial score (nSPS) is 11.8. The maximum absolute atomic E-state index is 13.6. The van der Waals surface area contributed by atoms with Gasteiger partial charge in [-0.25, -0.2) is 13.8 Å². The molecule has 5 nitrogen and oxygen atoms in total. The third-order valence-corrected chi connectivity index (χ3v) is 3.62. The Morgan fingerprint density at radius 3 is 2.58 bits per heavy atom. The summed E-state index contributed by atoms with van der Waals surface area (Å²) in [5, 5.41) is 6.13. The number of guanidine groups is 1. The number of oxazole rings is 1. The van der Waals surface area contributed by atoms with Crippen LogP contribution in [0, 0.1) is 11.6 Å². The largest absolute Gasteiger partial charge is 0.443 e. The summed E-state index contributed by atoms with van der Waals surface area (Å²) in [4.78, 5) is 8.32. The zero-order valence-corrected chi connectivity index (χ0v) is 17.7. The average Bonchev–Trinajstić information content (AvgIpc) is 3.03. The van der Waals surface area contributed by atoms with Gasteiger partial charge in [0, 0.05) is 19.0 Å². The molecule has 0 unspecified atom stereocenters. The molecule has 1 aromatic heterocycles. The van der Waals surface area contributed by atoms with Gasteiger partial charge < -0.3 is 15.1 Å². The first-order valence-corrected chi connectivity index (χ1v) is 8.13. The van der Waals surface area contributed by atoms with Gasteiger partial charge in [-0.2, -0.15) is 0 Å². The van der Waals surface area contributed by atoms with Crippen molar-refractivity contribution in [2.45, 2.75) is 39.2 Å². The molecular formula is C18H25F2IN4O. The molecule has 8 heteroatoms. The van der Waals surface area contributed by atoms with Crippen LogP contribution < -0.4 is 10.6 Å². The quantitative estimate of drug-likeness (QED) is 0.390. The van der Waals surface area contributed by atoms with Crippen molar-refractivity contribution in [1.82, 2.24) is 15.6 Å². The Labute approximate surface area is 169 Å². The van der Waals surface area contributed by atoms with Crippen molar-refractivity contribution in [3.8, 4) is 0 Å². The van der Waals surface area contributed by atoms with Crippen LogP contribution in [0.25, 0.3) is 0 Å². The van der Waals surface area contributed by atoms with E-state index in [9.17, 15) is 8.78 Å². The van der Waals surface area contributed by atoms with Crippen LogP contribution in [0.2, 0.25) is 0 Å². The van der Waals surface area contributed by atoms with E-state index >= 15 is 0 Å². The molecule has 0 saturated carbocycles. The second-order valence-corrected chi connectivity index (χ2v) is 6.71. The lowest BCUT2D eigenvalue weighted by Gasteiger charge is -2.13. The minimum absolute atomic E-state index is 0. The molecule has 0 saturated heterocycles. The number of aromatic nitrogens is 1. The predicted molar refractivity (Wildman–Crippen MR) is 109 cm³/mol. The zero-order valence-electron chi connectivity index (χ0n) is 15.4. The summed E-state index contributed by atoms with van der Waals surface area (Å²) in [6.45, 7) is 6.95. The van der Waals surface area contributed by atoms with E-state index in [1.807, 2.05) is 0 Å². The number of hydrogen-bond donors (Lipinski definition) is 2. The molecule has 0 radical (unpaired) electrons. The molecule has 2 aromatic rings. The molecule has 26 heavy (non-hydrogen) atoms. The third-order valence-electron chi connectivity index (χ3n) is 3.62. The molecule has 0 spiro atoms. The molecule has 1 heterocycles. The summed E-state index contributed by atoms with van der Waals surface area (Å²) >= 11 is 0. The molecule has 0 aliphatic carbocycles. The fourth-order valence-electron chi connectivity index (χ4n) is 2.17. The zero-order chi connectivity index (χ0) is 18.4. The summed E-state index contributed by atoms with van der Waals surface area (Å²) in [6, 6.07) is 3.44. The Morgan fingerprint density at radius 1 is 1.23 bits per heavy atom. The van der Waals surface area contributed by atoms with Crippen molar-refractivity contribution in [1.29, 1.82) is 0 Å².